The third-order valence-corrected chi connectivity index (χ3v) is 5.93. The number of nitrogens with zero attached hydrogens (tertiary/aromatic N) is 1. The monoisotopic (exact) mass is 381 g/mol. The van der Waals surface area contributed by atoms with Crippen LogP contribution >= 0.6 is 0 Å². The maximum atomic E-state index is 13.3. The summed E-state index contributed by atoms with van der Waals surface area (Å²) in [5, 5.41) is 0. The SMILES string of the molecule is COC(=O)c1ccc(OC)c(S(=O)(=O)N2CCCCC2C(F)(F)F)c1. The Morgan fingerprint density at radius 2 is 1.92 bits per heavy atom. The zero-order valence-corrected chi connectivity index (χ0v) is 14.5. The molecule has 0 amide bonds. The van der Waals surface area contributed by atoms with E-state index in [1.54, 1.807) is 0 Å². The van der Waals surface area contributed by atoms with Gasteiger partial charge in [0.05, 0.1) is 19.8 Å². The van der Waals surface area contributed by atoms with E-state index in [9.17, 15) is 26.4 Å². The molecule has 6 nitrogen and oxygen atoms in total. The Bertz CT molecular complexity index is 748. The van der Waals surface area contributed by atoms with Crippen LogP contribution in [0, 0.1) is 0 Å². The average molecular weight is 381 g/mol. The minimum absolute atomic E-state index is 0.0950. The van der Waals surface area contributed by atoms with Gasteiger partial charge in [0, 0.05) is 6.54 Å². The van der Waals surface area contributed by atoms with Gasteiger partial charge in [-0.1, -0.05) is 6.42 Å². The molecule has 0 saturated carbocycles. The molecule has 1 fully saturated rings. The summed E-state index contributed by atoms with van der Waals surface area (Å²) in [6.07, 6.45) is -4.37. The predicted octanol–water partition coefficient (Wildman–Crippen LogP) is 2.59. The van der Waals surface area contributed by atoms with Crippen molar-refractivity contribution in [3.63, 3.8) is 0 Å². The Labute approximate surface area is 143 Å². The number of piperidine rings is 1. The van der Waals surface area contributed by atoms with Gasteiger partial charge in [-0.2, -0.15) is 17.5 Å². The predicted molar refractivity (Wildman–Crippen MR) is 81.9 cm³/mol. The zero-order valence-electron chi connectivity index (χ0n) is 13.7. The van der Waals surface area contributed by atoms with Crippen molar-refractivity contribution in [2.45, 2.75) is 36.4 Å². The number of sulfonamides is 1. The number of ether oxygens (including phenoxy) is 2. The summed E-state index contributed by atoms with van der Waals surface area (Å²) in [7, 11) is -2.21. The lowest BCUT2D eigenvalue weighted by Crippen LogP contribution is -2.51. The largest absolute Gasteiger partial charge is 0.495 e. The molecule has 1 atom stereocenters. The first-order valence-corrected chi connectivity index (χ1v) is 8.92. The van der Waals surface area contributed by atoms with Gasteiger partial charge in [0.1, 0.15) is 16.7 Å². The lowest BCUT2D eigenvalue weighted by Gasteiger charge is -2.35. The fourth-order valence-corrected chi connectivity index (χ4v) is 4.63. The van der Waals surface area contributed by atoms with Crippen molar-refractivity contribution in [2.24, 2.45) is 0 Å². The molecule has 25 heavy (non-hydrogen) atoms. The maximum Gasteiger partial charge on any atom is 0.405 e. The van der Waals surface area contributed by atoms with Crippen LogP contribution in [0.25, 0.3) is 0 Å². The summed E-state index contributed by atoms with van der Waals surface area (Å²) in [5.74, 6) is -0.940. The molecular formula is C15H18F3NO5S. The molecule has 0 N–H and O–H groups in total. The van der Waals surface area contributed by atoms with Crippen LogP contribution in [0.15, 0.2) is 23.1 Å². The van der Waals surface area contributed by atoms with E-state index in [4.69, 9.17) is 4.74 Å². The van der Waals surface area contributed by atoms with Crippen molar-refractivity contribution < 1.29 is 35.9 Å². The number of rotatable bonds is 4. The topological polar surface area (TPSA) is 72.9 Å². The molecule has 0 aliphatic carbocycles. The van der Waals surface area contributed by atoms with E-state index in [1.807, 2.05) is 0 Å². The second-order valence-corrected chi connectivity index (χ2v) is 7.39. The first kappa shape index (κ1) is 19.5. The molecule has 1 unspecified atom stereocenters. The summed E-state index contributed by atoms with van der Waals surface area (Å²) in [6.45, 7) is -0.252. The molecule has 0 bridgehead atoms. The number of hydrogen-bond acceptors (Lipinski definition) is 5. The third kappa shape index (κ3) is 3.90. The molecule has 140 valence electrons. The first-order valence-electron chi connectivity index (χ1n) is 7.48. The number of halogens is 3. The molecule has 0 spiro atoms. The molecule has 1 aromatic rings. The van der Waals surface area contributed by atoms with E-state index in [-0.39, 0.29) is 30.7 Å². The van der Waals surface area contributed by atoms with Crippen molar-refractivity contribution in [3.8, 4) is 5.75 Å². The van der Waals surface area contributed by atoms with E-state index in [0.717, 1.165) is 13.2 Å². The number of methoxy groups -OCH3 is 2. The highest BCUT2D eigenvalue weighted by molar-refractivity contribution is 7.89. The van der Waals surface area contributed by atoms with E-state index in [0.29, 0.717) is 10.7 Å². The number of hydrogen-bond donors (Lipinski definition) is 0. The third-order valence-electron chi connectivity index (χ3n) is 4.00. The van der Waals surface area contributed by atoms with E-state index in [2.05, 4.69) is 4.74 Å². The van der Waals surface area contributed by atoms with Crippen molar-refractivity contribution in [1.82, 2.24) is 4.31 Å². The maximum absolute atomic E-state index is 13.3. The van der Waals surface area contributed by atoms with Gasteiger partial charge in [-0.15, -0.1) is 0 Å². The van der Waals surface area contributed by atoms with Gasteiger partial charge in [-0.05, 0) is 31.0 Å². The first-order chi connectivity index (χ1) is 11.6. The lowest BCUT2D eigenvalue weighted by molar-refractivity contribution is -0.177. The quantitative estimate of drug-likeness (QED) is 0.750. The van der Waals surface area contributed by atoms with E-state index in [1.165, 1.54) is 19.2 Å². The summed E-state index contributed by atoms with van der Waals surface area (Å²) in [5.41, 5.74) is -0.0950. The standard InChI is InChI=1S/C15H18F3NO5S/c1-23-11-7-6-10(14(20)24-2)9-12(11)25(21,22)19-8-4-3-5-13(19)15(16,17)18/h6-7,9,13H,3-5,8H2,1-2H3. The molecule has 1 aliphatic heterocycles. The van der Waals surface area contributed by atoms with Crippen LogP contribution in [0.5, 0.6) is 5.75 Å². The van der Waals surface area contributed by atoms with Crippen molar-refractivity contribution in [1.29, 1.82) is 0 Å². The average Bonchev–Trinajstić information content (AvgIpc) is 2.59. The Morgan fingerprint density at radius 1 is 1.24 bits per heavy atom. The van der Waals surface area contributed by atoms with Crippen LogP contribution in [-0.2, 0) is 14.8 Å². The number of carbonyl (C=O) groups is 1. The fraction of sp³-hybridized carbons (Fsp3) is 0.533. The van der Waals surface area contributed by atoms with Gasteiger partial charge in [0.2, 0.25) is 10.0 Å². The molecule has 0 aromatic heterocycles. The Kier molecular flexibility index (Phi) is 5.62. The van der Waals surface area contributed by atoms with Crippen LogP contribution in [0.2, 0.25) is 0 Å². The fourth-order valence-electron chi connectivity index (χ4n) is 2.77. The second kappa shape index (κ2) is 7.20. The highest BCUT2D eigenvalue weighted by Crippen LogP contribution is 2.37. The molecule has 2 rings (SSSR count). The lowest BCUT2D eigenvalue weighted by atomic mass is 10.0. The smallest absolute Gasteiger partial charge is 0.405 e. The molecule has 1 saturated heterocycles. The Hall–Kier alpha value is -1.81. The van der Waals surface area contributed by atoms with Gasteiger partial charge >= 0.3 is 12.1 Å². The van der Waals surface area contributed by atoms with Crippen LogP contribution < -0.4 is 4.74 Å². The molecule has 1 aromatic carbocycles. The minimum Gasteiger partial charge on any atom is -0.495 e. The highest BCUT2D eigenvalue weighted by Gasteiger charge is 2.49. The van der Waals surface area contributed by atoms with E-state index >= 15 is 0 Å². The zero-order chi connectivity index (χ0) is 18.8. The van der Waals surface area contributed by atoms with Crippen molar-refractivity contribution >= 4 is 16.0 Å². The molecule has 0 radical (unpaired) electrons. The minimum atomic E-state index is -4.68. The number of carbonyl (C=O) groups excluding carboxylic acids is 1. The number of benzene rings is 1. The molecule has 10 heteroatoms. The van der Waals surface area contributed by atoms with Gasteiger partial charge in [0.25, 0.3) is 0 Å². The summed E-state index contributed by atoms with van der Waals surface area (Å²) in [4.78, 5) is 11.1. The normalized spacial score (nSPS) is 19.5. The van der Waals surface area contributed by atoms with Crippen LogP contribution in [0.4, 0.5) is 13.2 Å². The van der Waals surface area contributed by atoms with Gasteiger partial charge in [-0.25, -0.2) is 13.2 Å². The molecular weight excluding hydrogens is 363 g/mol. The summed E-state index contributed by atoms with van der Waals surface area (Å²) >= 11 is 0. The Morgan fingerprint density at radius 3 is 2.48 bits per heavy atom. The summed E-state index contributed by atoms with van der Waals surface area (Å²) in [6, 6.07) is 1.37. The van der Waals surface area contributed by atoms with Crippen LogP contribution in [0.1, 0.15) is 29.6 Å². The number of alkyl halides is 3. The van der Waals surface area contributed by atoms with Gasteiger partial charge in [-0.3, -0.25) is 0 Å². The van der Waals surface area contributed by atoms with Crippen molar-refractivity contribution in [3.05, 3.63) is 23.8 Å². The van der Waals surface area contributed by atoms with E-state index < -0.39 is 33.1 Å². The van der Waals surface area contributed by atoms with Crippen LogP contribution in [0.3, 0.4) is 0 Å². The second-order valence-electron chi connectivity index (χ2n) is 5.53. The van der Waals surface area contributed by atoms with Gasteiger partial charge < -0.3 is 9.47 Å². The Balaban J connectivity index is 2.55. The highest BCUT2D eigenvalue weighted by atomic mass is 32.2. The molecule has 1 aliphatic rings. The summed E-state index contributed by atoms with van der Waals surface area (Å²) < 4.78 is 75.5. The van der Waals surface area contributed by atoms with Crippen molar-refractivity contribution in [2.75, 3.05) is 20.8 Å². The molecule has 1 heterocycles. The number of esters is 1. The van der Waals surface area contributed by atoms with Crippen LogP contribution in [-0.4, -0.2) is 51.7 Å². The van der Waals surface area contributed by atoms with Gasteiger partial charge in [0.15, 0.2) is 0 Å².